The van der Waals surface area contributed by atoms with Crippen molar-refractivity contribution in [1.82, 2.24) is 24.6 Å². The van der Waals surface area contributed by atoms with E-state index >= 15 is 0 Å². The van der Waals surface area contributed by atoms with E-state index in [2.05, 4.69) is 85.3 Å². The van der Waals surface area contributed by atoms with Crippen molar-refractivity contribution in [2.24, 2.45) is 5.92 Å². The predicted molar refractivity (Wildman–Crippen MR) is 111 cm³/mol. The minimum atomic E-state index is 0.787. The first-order chi connectivity index (χ1) is 13.8. The van der Waals surface area contributed by atoms with Gasteiger partial charge in [-0.15, -0.1) is 10.2 Å². The highest BCUT2D eigenvalue weighted by atomic mass is 15.3. The molecule has 4 aromatic rings. The molecule has 0 bridgehead atoms. The summed E-state index contributed by atoms with van der Waals surface area (Å²) in [7, 11) is 0. The van der Waals surface area contributed by atoms with Crippen molar-refractivity contribution in [2.75, 3.05) is 13.1 Å². The molecule has 5 rings (SSSR count). The highest BCUT2D eigenvalue weighted by molar-refractivity contribution is 5.81. The third-order valence-electron chi connectivity index (χ3n) is 5.80. The summed E-state index contributed by atoms with van der Waals surface area (Å²) in [5.41, 5.74) is 2.60. The summed E-state index contributed by atoms with van der Waals surface area (Å²) in [6, 6.07) is 21.3. The Morgan fingerprint density at radius 2 is 1.68 bits per heavy atom. The van der Waals surface area contributed by atoms with Gasteiger partial charge in [0.2, 0.25) is 5.95 Å². The van der Waals surface area contributed by atoms with Gasteiger partial charge in [0.25, 0.3) is 0 Å². The fourth-order valence-corrected chi connectivity index (χ4v) is 4.24. The zero-order valence-corrected chi connectivity index (χ0v) is 16.0. The number of likely N-dealkylation sites (tertiary alicyclic amines) is 1. The lowest BCUT2D eigenvalue weighted by atomic mass is 9.90. The molecule has 1 N–H and O–H groups in total. The Balaban J connectivity index is 1.20. The normalized spacial score (nSPS) is 16.0. The van der Waals surface area contributed by atoms with Crippen LogP contribution in [0.5, 0.6) is 0 Å². The molecule has 1 saturated heterocycles. The lowest BCUT2D eigenvalue weighted by Crippen LogP contribution is -2.34. The molecule has 0 aliphatic carbocycles. The van der Waals surface area contributed by atoms with Crippen molar-refractivity contribution in [2.45, 2.75) is 25.8 Å². The Morgan fingerprint density at radius 1 is 0.893 bits per heavy atom. The van der Waals surface area contributed by atoms with E-state index in [-0.39, 0.29) is 0 Å². The fraction of sp³-hybridized carbons (Fsp3) is 0.304. The molecule has 28 heavy (non-hydrogen) atoms. The molecule has 0 amide bonds. The molecule has 0 saturated carbocycles. The van der Waals surface area contributed by atoms with Gasteiger partial charge in [-0.05, 0) is 56.0 Å². The van der Waals surface area contributed by atoms with E-state index in [1.54, 1.807) is 0 Å². The minimum absolute atomic E-state index is 0.787. The highest BCUT2D eigenvalue weighted by Crippen LogP contribution is 2.23. The van der Waals surface area contributed by atoms with Crippen molar-refractivity contribution in [3.8, 4) is 5.95 Å². The van der Waals surface area contributed by atoms with Gasteiger partial charge in [-0.25, -0.2) is 0 Å². The second kappa shape index (κ2) is 7.60. The molecule has 1 fully saturated rings. The number of fused-ring (bicyclic) bond motifs is 1. The minimum Gasteiger partial charge on any atom is -0.309 e. The monoisotopic (exact) mass is 371 g/mol. The maximum atomic E-state index is 4.39. The predicted octanol–water partition coefficient (Wildman–Crippen LogP) is 4.20. The van der Waals surface area contributed by atoms with Crippen LogP contribution >= 0.6 is 0 Å². The van der Waals surface area contributed by atoms with Crippen LogP contribution < -0.4 is 0 Å². The molecule has 1 aliphatic heterocycles. The second-order valence-corrected chi connectivity index (χ2v) is 7.75. The Morgan fingerprint density at radius 3 is 2.54 bits per heavy atom. The van der Waals surface area contributed by atoms with E-state index in [0.29, 0.717) is 0 Å². The Hall–Kier alpha value is -2.92. The summed E-state index contributed by atoms with van der Waals surface area (Å²) in [6.07, 6.45) is 5.74. The largest absolute Gasteiger partial charge is 0.309 e. The van der Waals surface area contributed by atoms with E-state index in [0.717, 1.165) is 42.8 Å². The van der Waals surface area contributed by atoms with Crippen LogP contribution in [0, 0.1) is 5.92 Å². The lowest BCUT2D eigenvalue weighted by molar-refractivity contribution is 0.173. The molecule has 0 radical (unpaired) electrons. The zero-order valence-electron chi connectivity index (χ0n) is 16.0. The number of piperidine rings is 1. The molecule has 142 valence electrons. The molecular weight excluding hydrogens is 346 g/mol. The third-order valence-corrected chi connectivity index (χ3v) is 5.80. The topological polar surface area (TPSA) is 49.7 Å². The van der Waals surface area contributed by atoms with Crippen LogP contribution in [-0.2, 0) is 13.0 Å². The summed E-state index contributed by atoms with van der Waals surface area (Å²) in [5.74, 6) is 2.51. The highest BCUT2D eigenvalue weighted by Gasteiger charge is 2.20. The number of aromatic nitrogens is 4. The first-order valence-corrected chi connectivity index (χ1v) is 10.1. The Bertz CT molecular complexity index is 1040. The summed E-state index contributed by atoms with van der Waals surface area (Å²) in [5, 5.41) is 9.98. The number of nitrogens with one attached hydrogen (secondary N) is 1. The number of nitrogens with zero attached hydrogens (tertiary/aromatic N) is 4. The number of aromatic amines is 1. The summed E-state index contributed by atoms with van der Waals surface area (Å²) < 4.78 is 2.07. The standard InChI is InChI=1S/C23H25N5/c1-2-6-18(7-3-1)16-19-10-13-27(14-11-19)17-22-24-23(26-25-22)28-15-12-20-8-4-5-9-21(20)28/h1-9,12,15,19H,10-11,13-14,16-17H2,(H,24,25,26). The summed E-state index contributed by atoms with van der Waals surface area (Å²) >= 11 is 0. The van der Waals surface area contributed by atoms with E-state index in [1.165, 1.54) is 30.2 Å². The summed E-state index contributed by atoms with van der Waals surface area (Å²) in [6.45, 7) is 3.09. The molecule has 3 heterocycles. The number of hydrogen-bond donors (Lipinski definition) is 1. The molecular formula is C23H25N5. The van der Waals surface area contributed by atoms with Crippen LogP contribution in [0.2, 0.25) is 0 Å². The Labute approximate surface area is 165 Å². The van der Waals surface area contributed by atoms with E-state index in [1.807, 2.05) is 6.20 Å². The van der Waals surface area contributed by atoms with Crippen LogP contribution in [0.25, 0.3) is 16.9 Å². The number of benzene rings is 2. The molecule has 2 aromatic heterocycles. The molecule has 0 spiro atoms. The van der Waals surface area contributed by atoms with Gasteiger partial charge >= 0.3 is 0 Å². The smallest absolute Gasteiger partial charge is 0.233 e. The van der Waals surface area contributed by atoms with Crippen molar-refractivity contribution < 1.29 is 0 Å². The van der Waals surface area contributed by atoms with Gasteiger partial charge in [-0.2, -0.15) is 0 Å². The van der Waals surface area contributed by atoms with Crippen LogP contribution in [-0.4, -0.2) is 37.7 Å². The van der Waals surface area contributed by atoms with Crippen LogP contribution in [0.15, 0.2) is 66.9 Å². The molecule has 2 aromatic carbocycles. The molecule has 1 aliphatic rings. The summed E-state index contributed by atoms with van der Waals surface area (Å²) in [4.78, 5) is 5.89. The first kappa shape index (κ1) is 17.2. The average molecular weight is 371 g/mol. The quantitative estimate of drug-likeness (QED) is 0.572. The molecule has 5 nitrogen and oxygen atoms in total. The van der Waals surface area contributed by atoms with Crippen LogP contribution in [0.4, 0.5) is 0 Å². The van der Waals surface area contributed by atoms with Gasteiger partial charge in [0.1, 0.15) is 5.82 Å². The number of hydrogen-bond acceptors (Lipinski definition) is 3. The molecule has 5 heteroatoms. The SMILES string of the molecule is c1ccc(CC2CCN(Cc3nnc(-n4ccc5ccccc54)[nH]3)CC2)cc1. The van der Waals surface area contributed by atoms with Gasteiger partial charge in [0.15, 0.2) is 0 Å². The van der Waals surface area contributed by atoms with E-state index in [9.17, 15) is 0 Å². The maximum Gasteiger partial charge on any atom is 0.233 e. The van der Waals surface area contributed by atoms with Crippen molar-refractivity contribution in [1.29, 1.82) is 0 Å². The van der Waals surface area contributed by atoms with Crippen molar-refractivity contribution in [3.63, 3.8) is 0 Å². The fourth-order valence-electron chi connectivity index (χ4n) is 4.24. The van der Waals surface area contributed by atoms with Crippen molar-refractivity contribution >= 4 is 10.9 Å². The van der Waals surface area contributed by atoms with Gasteiger partial charge in [0, 0.05) is 11.6 Å². The first-order valence-electron chi connectivity index (χ1n) is 10.1. The second-order valence-electron chi connectivity index (χ2n) is 7.75. The van der Waals surface area contributed by atoms with Gasteiger partial charge in [0.05, 0.1) is 12.1 Å². The average Bonchev–Trinajstić information content (AvgIpc) is 3.37. The van der Waals surface area contributed by atoms with E-state index < -0.39 is 0 Å². The van der Waals surface area contributed by atoms with Crippen molar-refractivity contribution in [3.05, 3.63) is 78.2 Å². The Kier molecular flexibility index (Phi) is 4.67. The lowest BCUT2D eigenvalue weighted by Gasteiger charge is -2.31. The molecule has 0 atom stereocenters. The van der Waals surface area contributed by atoms with Gasteiger partial charge in [-0.1, -0.05) is 48.5 Å². The maximum absolute atomic E-state index is 4.39. The number of H-pyrrole nitrogens is 1. The number of rotatable bonds is 5. The zero-order chi connectivity index (χ0) is 18.8. The molecule has 0 unspecified atom stereocenters. The number of para-hydroxylation sites is 1. The van der Waals surface area contributed by atoms with Gasteiger partial charge < -0.3 is 4.98 Å². The van der Waals surface area contributed by atoms with E-state index in [4.69, 9.17) is 0 Å². The van der Waals surface area contributed by atoms with Gasteiger partial charge in [-0.3, -0.25) is 9.47 Å². The third kappa shape index (κ3) is 3.58. The van der Waals surface area contributed by atoms with Crippen LogP contribution in [0.1, 0.15) is 24.2 Å². The van der Waals surface area contributed by atoms with Crippen LogP contribution in [0.3, 0.4) is 0 Å².